The summed E-state index contributed by atoms with van der Waals surface area (Å²) in [6.45, 7) is 1.59. The first-order valence-corrected chi connectivity index (χ1v) is 7.44. The van der Waals surface area contributed by atoms with Gasteiger partial charge in [-0.25, -0.2) is 8.42 Å². The maximum Gasteiger partial charge on any atom is 0.180 e. The minimum Gasteiger partial charge on any atom is -0.224 e. The lowest BCUT2D eigenvalue weighted by atomic mass is 10.2. The molecular formula is C10H11Cl3O2S. The van der Waals surface area contributed by atoms with Crippen molar-refractivity contribution in [3.63, 3.8) is 0 Å². The Bertz CT molecular complexity index is 451. The van der Waals surface area contributed by atoms with Crippen LogP contribution in [-0.4, -0.2) is 24.9 Å². The highest BCUT2D eigenvalue weighted by Gasteiger charge is 2.28. The molecule has 16 heavy (non-hydrogen) atoms. The lowest BCUT2D eigenvalue weighted by Gasteiger charge is -2.18. The molecule has 0 aromatic heterocycles. The minimum atomic E-state index is -3.42. The molecule has 6 heteroatoms. The van der Waals surface area contributed by atoms with E-state index >= 15 is 0 Å². The van der Waals surface area contributed by atoms with Gasteiger partial charge in [0.1, 0.15) is 0 Å². The maximum atomic E-state index is 11.9. The summed E-state index contributed by atoms with van der Waals surface area (Å²) in [5, 5.41) is 0.491. The Morgan fingerprint density at radius 2 is 1.75 bits per heavy atom. The molecule has 90 valence electrons. The largest absolute Gasteiger partial charge is 0.224 e. The first kappa shape index (κ1) is 14.1. The number of alkyl halides is 2. The lowest BCUT2D eigenvalue weighted by molar-refractivity contribution is 0.587. The van der Waals surface area contributed by atoms with E-state index in [1.165, 1.54) is 24.3 Å². The van der Waals surface area contributed by atoms with Crippen molar-refractivity contribution in [2.24, 2.45) is 0 Å². The van der Waals surface area contributed by atoms with Crippen molar-refractivity contribution < 1.29 is 8.42 Å². The van der Waals surface area contributed by atoms with Crippen molar-refractivity contribution in [3.8, 4) is 0 Å². The highest BCUT2D eigenvalue weighted by Crippen LogP contribution is 2.23. The van der Waals surface area contributed by atoms with Crippen LogP contribution >= 0.6 is 34.8 Å². The summed E-state index contributed by atoms with van der Waals surface area (Å²) in [5.74, 6) is -0.131. The van der Waals surface area contributed by atoms with Crippen LogP contribution in [0.4, 0.5) is 0 Å². The van der Waals surface area contributed by atoms with Gasteiger partial charge in [-0.3, -0.25) is 0 Å². The Kier molecular flexibility index (Phi) is 4.52. The van der Waals surface area contributed by atoms with E-state index in [-0.39, 0.29) is 16.5 Å². The molecule has 0 heterocycles. The van der Waals surface area contributed by atoms with Gasteiger partial charge in [-0.05, 0) is 31.2 Å². The molecule has 2 nitrogen and oxygen atoms in total. The SMILES string of the molecule is C[C@@](Cl)(CCl)CS(=O)(=O)c1ccc(Cl)cc1. The zero-order chi connectivity index (χ0) is 12.4. The van der Waals surface area contributed by atoms with Crippen LogP contribution in [0.5, 0.6) is 0 Å². The van der Waals surface area contributed by atoms with Gasteiger partial charge < -0.3 is 0 Å². The second-order valence-corrected chi connectivity index (χ2v) is 7.37. The lowest BCUT2D eigenvalue weighted by Crippen LogP contribution is -2.29. The van der Waals surface area contributed by atoms with Gasteiger partial charge >= 0.3 is 0 Å². The molecule has 0 aliphatic rings. The summed E-state index contributed by atoms with van der Waals surface area (Å²) in [6.07, 6.45) is 0. The quantitative estimate of drug-likeness (QED) is 0.799. The third-order valence-electron chi connectivity index (χ3n) is 1.94. The Morgan fingerprint density at radius 1 is 1.25 bits per heavy atom. The van der Waals surface area contributed by atoms with Gasteiger partial charge in [0.15, 0.2) is 9.84 Å². The smallest absolute Gasteiger partial charge is 0.180 e. The molecule has 0 aliphatic heterocycles. The fourth-order valence-electron chi connectivity index (χ4n) is 1.16. The summed E-state index contributed by atoms with van der Waals surface area (Å²) < 4.78 is 23.9. The van der Waals surface area contributed by atoms with Crippen LogP contribution in [0.25, 0.3) is 0 Å². The normalized spacial score (nSPS) is 15.8. The van der Waals surface area contributed by atoms with E-state index in [0.29, 0.717) is 5.02 Å². The van der Waals surface area contributed by atoms with E-state index in [1.54, 1.807) is 6.92 Å². The van der Waals surface area contributed by atoms with Crippen molar-refractivity contribution in [2.75, 3.05) is 11.6 Å². The predicted molar refractivity (Wildman–Crippen MR) is 68.5 cm³/mol. The molecule has 1 aromatic rings. The van der Waals surface area contributed by atoms with E-state index in [4.69, 9.17) is 34.8 Å². The van der Waals surface area contributed by atoms with Crippen LogP contribution < -0.4 is 0 Å². The Labute approximate surface area is 110 Å². The van der Waals surface area contributed by atoms with Crippen LogP contribution in [0.15, 0.2) is 29.2 Å². The zero-order valence-corrected chi connectivity index (χ0v) is 11.7. The fourth-order valence-corrected chi connectivity index (χ4v) is 3.54. The van der Waals surface area contributed by atoms with Crippen LogP contribution in [-0.2, 0) is 9.84 Å². The highest BCUT2D eigenvalue weighted by molar-refractivity contribution is 7.91. The van der Waals surface area contributed by atoms with Crippen molar-refractivity contribution in [3.05, 3.63) is 29.3 Å². The molecule has 0 amide bonds. The van der Waals surface area contributed by atoms with Gasteiger partial charge in [-0.2, -0.15) is 0 Å². The third kappa shape index (κ3) is 3.81. The number of hydrogen-bond acceptors (Lipinski definition) is 2. The van der Waals surface area contributed by atoms with Gasteiger partial charge in [0.05, 0.1) is 15.5 Å². The summed E-state index contributed by atoms with van der Waals surface area (Å²) in [6, 6.07) is 5.97. The van der Waals surface area contributed by atoms with E-state index in [0.717, 1.165) is 0 Å². The number of sulfone groups is 1. The molecule has 0 N–H and O–H groups in total. The molecule has 0 spiro atoms. The zero-order valence-electron chi connectivity index (χ0n) is 8.58. The molecule has 0 fully saturated rings. The van der Waals surface area contributed by atoms with Gasteiger partial charge in [0.2, 0.25) is 0 Å². The van der Waals surface area contributed by atoms with E-state index in [9.17, 15) is 8.42 Å². The molecule has 0 saturated heterocycles. The second-order valence-electron chi connectivity index (χ2n) is 3.76. The molecule has 1 rings (SSSR count). The Morgan fingerprint density at radius 3 is 2.19 bits per heavy atom. The van der Waals surface area contributed by atoms with E-state index in [2.05, 4.69) is 0 Å². The summed E-state index contributed by atoms with van der Waals surface area (Å²) in [7, 11) is -3.42. The maximum absolute atomic E-state index is 11.9. The molecule has 0 aliphatic carbocycles. The highest BCUT2D eigenvalue weighted by atomic mass is 35.5. The number of halogens is 3. The Hall–Kier alpha value is 0.0400. The first-order chi connectivity index (χ1) is 7.27. The average molecular weight is 302 g/mol. The van der Waals surface area contributed by atoms with Crippen LogP contribution in [0.2, 0.25) is 5.02 Å². The molecular weight excluding hydrogens is 291 g/mol. The third-order valence-corrected chi connectivity index (χ3v) is 5.35. The van der Waals surface area contributed by atoms with Crippen molar-refractivity contribution in [1.82, 2.24) is 0 Å². The van der Waals surface area contributed by atoms with Gasteiger partial charge in [0, 0.05) is 10.9 Å². The van der Waals surface area contributed by atoms with E-state index in [1.807, 2.05) is 0 Å². The minimum absolute atomic E-state index is 0.0708. The first-order valence-electron chi connectivity index (χ1n) is 4.50. The van der Waals surface area contributed by atoms with Crippen molar-refractivity contribution in [2.45, 2.75) is 16.7 Å². The van der Waals surface area contributed by atoms with Gasteiger partial charge in [0.25, 0.3) is 0 Å². The number of benzene rings is 1. The summed E-state index contributed by atoms with van der Waals surface area (Å²) >= 11 is 17.2. The standard InChI is InChI=1S/C10H11Cl3O2S/c1-10(13,6-11)7-16(14,15)9-4-2-8(12)3-5-9/h2-5H,6-7H2,1H3/t10-/m1/s1. The molecule has 1 aromatic carbocycles. The van der Waals surface area contributed by atoms with Crippen molar-refractivity contribution >= 4 is 44.6 Å². The number of rotatable bonds is 4. The average Bonchev–Trinajstić information content (AvgIpc) is 2.17. The second kappa shape index (κ2) is 5.13. The van der Waals surface area contributed by atoms with Crippen LogP contribution in [0.1, 0.15) is 6.92 Å². The number of hydrogen-bond donors (Lipinski definition) is 0. The Balaban J connectivity index is 2.99. The topological polar surface area (TPSA) is 34.1 Å². The monoisotopic (exact) mass is 300 g/mol. The molecule has 0 unspecified atom stereocenters. The fraction of sp³-hybridized carbons (Fsp3) is 0.400. The van der Waals surface area contributed by atoms with Crippen molar-refractivity contribution in [1.29, 1.82) is 0 Å². The van der Waals surface area contributed by atoms with Crippen LogP contribution in [0, 0.1) is 0 Å². The molecule has 0 bridgehead atoms. The van der Waals surface area contributed by atoms with E-state index < -0.39 is 14.7 Å². The molecule has 0 radical (unpaired) electrons. The van der Waals surface area contributed by atoms with Crippen LogP contribution in [0.3, 0.4) is 0 Å². The van der Waals surface area contributed by atoms with Gasteiger partial charge in [-0.1, -0.05) is 11.6 Å². The summed E-state index contributed by atoms with van der Waals surface area (Å²) in [5.41, 5.74) is 0. The predicted octanol–water partition coefficient (Wildman–Crippen LogP) is 3.35. The van der Waals surface area contributed by atoms with Gasteiger partial charge in [-0.15, -0.1) is 23.2 Å². The molecule has 1 atom stereocenters. The summed E-state index contributed by atoms with van der Waals surface area (Å²) in [4.78, 5) is -0.756. The molecule has 0 saturated carbocycles.